The average Bonchev–Trinajstić information content (AvgIpc) is 2.67. The number of carbonyl (C=O) groups excluding carboxylic acids is 1. The number of carboxylic acid groups (broad SMARTS) is 1. The number of hydrogen-bond donors (Lipinski definition) is 2. The summed E-state index contributed by atoms with van der Waals surface area (Å²) >= 11 is 0. The van der Waals surface area contributed by atoms with Crippen molar-refractivity contribution >= 4 is 11.9 Å². The van der Waals surface area contributed by atoms with Gasteiger partial charge in [0.25, 0.3) is 0 Å². The number of benzene rings is 2. The van der Waals surface area contributed by atoms with E-state index in [9.17, 15) is 22.8 Å². The van der Waals surface area contributed by atoms with Crippen molar-refractivity contribution in [1.29, 1.82) is 0 Å². The van der Waals surface area contributed by atoms with Gasteiger partial charge in [0.2, 0.25) is 5.91 Å². The first kappa shape index (κ1) is 23.4. The van der Waals surface area contributed by atoms with E-state index in [1.54, 1.807) is 19.1 Å². The maximum absolute atomic E-state index is 12.7. The molecule has 0 aromatic heterocycles. The molecule has 0 heterocycles. The Bertz CT molecular complexity index is 861. The molecule has 0 aliphatic carbocycles. The second kappa shape index (κ2) is 9.75. The van der Waals surface area contributed by atoms with Crippen molar-refractivity contribution in [3.63, 3.8) is 0 Å². The molecule has 162 valence electrons. The number of carboxylic acids is 1. The van der Waals surface area contributed by atoms with E-state index in [2.05, 4.69) is 5.32 Å². The van der Waals surface area contributed by atoms with Crippen LogP contribution in [0.2, 0.25) is 0 Å². The highest BCUT2D eigenvalue weighted by atomic mass is 19.4. The lowest BCUT2D eigenvalue weighted by atomic mass is 10.0. The van der Waals surface area contributed by atoms with Gasteiger partial charge in [0, 0.05) is 0 Å². The van der Waals surface area contributed by atoms with Gasteiger partial charge >= 0.3 is 12.1 Å². The lowest BCUT2D eigenvalue weighted by Gasteiger charge is -2.24. The molecule has 2 unspecified atom stereocenters. The molecule has 0 radical (unpaired) electrons. The van der Waals surface area contributed by atoms with Gasteiger partial charge in [-0.05, 0) is 48.2 Å². The van der Waals surface area contributed by atoms with Gasteiger partial charge in [0.05, 0.1) is 23.8 Å². The first-order valence-electron chi connectivity index (χ1n) is 9.40. The first-order chi connectivity index (χ1) is 14.0. The van der Waals surface area contributed by atoms with E-state index in [0.29, 0.717) is 5.56 Å². The summed E-state index contributed by atoms with van der Waals surface area (Å²) in [5, 5.41) is 11.8. The predicted molar refractivity (Wildman–Crippen MR) is 105 cm³/mol. The fraction of sp³-hybridized carbons (Fsp3) is 0.364. The van der Waals surface area contributed by atoms with Crippen molar-refractivity contribution in [1.82, 2.24) is 5.32 Å². The minimum absolute atomic E-state index is 0.00388. The Morgan fingerprint density at radius 1 is 1.00 bits per heavy atom. The number of alkyl halides is 3. The van der Waals surface area contributed by atoms with Crippen LogP contribution in [0.3, 0.4) is 0 Å². The van der Waals surface area contributed by atoms with E-state index < -0.39 is 23.8 Å². The normalized spacial score (nSPS) is 13.7. The van der Waals surface area contributed by atoms with Crippen molar-refractivity contribution < 1.29 is 32.6 Å². The standard InChI is InChI=1S/C22H24F3NO4/c1-13(2)19(30-12-15-4-10-18(11-5-15)22(23,24)25)20(27)26-14(3)16-6-8-17(9-7-16)21(28)29/h4-11,13-14,19H,12H2,1-3H3,(H,26,27)(H,28,29). The van der Waals surface area contributed by atoms with E-state index in [1.165, 1.54) is 24.3 Å². The molecule has 0 spiro atoms. The molecule has 2 atom stereocenters. The Balaban J connectivity index is 1.99. The number of carbonyl (C=O) groups is 2. The molecule has 0 aliphatic heterocycles. The van der Waals surface area contributed by atoms with Gasteiger partial charge in [-0.2, -0.15) is 13.2 Å². The highest BCUT2D eigenvalue weighted by Gasteiger charge is 2.30. The molecule has 2 rings (SSSR count). The van der Waals surface area contributed by atoms with Gasteiger partial charge in [0.1, 0.15) is 6.10 Å². The highest BCUT2D eigenvalue weighted by Crippen LogP contribution is 2.29. The first-order valence-corrected chi connectivity index (χ1v) is 9.40. The number of halogens is 3. The molecule has 0 bridgehead atoms. The number of ether oxygens (including phenoxy) is 1. The summed E-state index contributed by atoms with van der Waals surface area (Å²) in [6, 6.07) is 10.4. The van der Waals surface area contributed by atoms with Crippen LogP contribution in [0.25, 0.3) is 0 Å². The van der Waals surface area contributed by atoms with Crippen LogP contribution in [0.5, 0.6) is 0 Å². The minimum atomic E-state index is -4.40. The van der Waals surface area contributed by atoms with E-state index >= 15 is 0 Å². The van der Waals surface area contributed by atoms with Crippen LogP contribution in [-0.2, 0) is 22.3 Å². The third-order valence-corrected chi connectivity index (χ3v) is 4.59. The van der Waals surface area contributed by atoms with E-state index in [4.69, 9.17) is 9.84 Å². The van der Waals surface area contributed by atoms with Gasteiger partial charge in [-0.15, -0.1) is 0 Å². The molecule has 5 nitrogen and oxygen atoms in total. The quantitative estimate of drug-likeness (QED) is 0.638. The van der Waals surface area contributed by atoms with Crippen molar-refractivity contribution in [3.8, 4) is 0 Å². The number of rotatable bonds is 8. The maximum atomic E-state index is 12.7. The second-order valence-electron chi connectivity index (χ2n) is 7.33. The molecule has 0 fully saturated rings. The molecule has 0 saturated carbocycles. The molecule has 0 saturated heterocycles. The van der Waals surface area contributed by atoms with Crippen molar-refractivity contribution in [3.05, 3.63) is 70.8 Å². The fourth-order valence-electron chi connectivity index (χ4n) is 2.84. The van der Waals surface area contributed by atoms with Crippen LogP contribution in [-0.4, -0.2) is 23.1 Å². The Morgan fingerprint density at radius 3 is 2.03 bits per heavy atom. The largest absolute Gasteiger partial charge is 0.478 e. The van der Waals surface area contributed by atoms with Crippen molar-refractivity contribution in [2.24, 2.45) is 5.92 Å². The predicted octanol–water partition coefficient (Wildman–Crippen LogP) is 4.82. The van der Waals surface area contributed by atoms with Crippen LogP contribution in [0.4, 0.5) is 13.2 Å². The maximum Gasteiger partial charge on any atom is 0.416 e. The Hall–Kier alpha value is -2.87. The van der Waals surface area contributed by atoms with Crippen LogP contribution >= 0.6 is 0 Å². The molecule has 2 aromatic carbocycles. The average molecular weight is 423 g/mol. The number of hydrogen-bond acceptors (Lipinski definition) is 3. The molecule has 30 heavy (non-hydrogen) atoms. The third-order valence-electron chi connectivity index (χ3n) is 4.59. The second-order valence-corrected chi connectivity index (χ2v) is 7.33. The smallest absolute Gasteiger partial charge is 0.416 e. The van der Waals surface area contributed by atoms with Crippen molar-refractivity contribution in [2.45, 2.75) is 45.7 Å². The number of aromatic carboxylic acids is 1. The molecular weight excluding hydrogens is 399 g/mol. The molecule has 2 N–H and O–H groups in total. The van der Waals surface area contributed by atoms with E-state index in [0.717, 1.165) is 17.7 Å². The zero-order valence-corrected chi connectivity index (χ0v) is 16.9. The Kier molecular flexibility index (Phi) is 7.61. The van der Waals surface area contributed by atoms with E-state index in [1.807, 2.05) is 13.8 Å². The summed E-state index contributed by atoms with van der Waals surface area (Å²) in [6.07, 6.45) is -5.20. The monoisotopic (exact) mass is 423 g/mol. The van der Waals surface area contributed by atoms with Crippen molar-refractivity contribution in [2.75, 3.05) is 0 Å². The summed E-state index contributed by atoms with van der Waals surface area (Å²) in [7, 11) is 0. The van der Waals surface area contributed by atoms with Gasteiger partial charge in [-0.25, -0.2) is 4.79 Å². The fourth-order valence-corrected chi connectivity index (χ4v) is 2.84. The summed E-state index contributed by atoms with van der Waals surface area (Å²) in [5.74, 6) is -1.55. The zero-order chi connectivity index (χ0) is 22.5. The van der Waals surface area contributed by atoms with Gasteiger partial charge in [-0.1, -0.05) is 38.1 Å². The lowest BCUT2D eigenvalue weighted by molar-refractivity contribution is -0.137. The molecule has 8 heteroatoms. The number of nitrogens with one attached hydrogen (secondary N) is 1. The van der Waals surface area contributed by atoms with Crippen LogP contribution in [0.15, 0.2) is 48.5 Å². The van der Waals surface area contributed by atoms with Crippen LogP contribution < -0.4 is 5.32 Å². The summed E-state index contributed by atoms with van der Waals surface area (Å²) in [5.41, 5.74) is 0.668. The number of amides is 1. The summed E-state index contributed by atoms with van der Waals surface area (Å²) in [6.45, 7) is 5.38. The molecule has 0 aliphatic rings. The Morgan fingerprint density at radius 2 is 1.57 bits per heavy atom. The molecule has 1 amide bonds. The summed E-state index contributed by atoms with van der Waals surface area (Å²) in [4.78, 5) is 23.6. The van der Waals surface area contributed by atoms with Gasteiger partial charge in [-0.3, -0.25) is 4.79 Å². The molecular formula is C22H24F3NO4. The van der Waals surface area contributed by atoms with E-state index in [-0.39, 0.29) is 30.0 Å². The molecule has 2 aromatic rings. The van der Waals surface area contributed by atoms with Gasteiger partial charge in [0.15, 0.2) is 0 Å². The lowest BCUT2D eigenvalue weighted by Crippen LogP contribution is -2.40. The highest BCUT2D eigenvalue weighted by molar-refractivity contribution is 5.87. The minimum Gasteiger partial charge on any atom is -0.478 e. The topological polar surface area (TPSA) is 75.6 Å². The third kappa shape index (κ3) is 6.32. The van der Waals surface area contributed by atoms with Crippen LogP contribution in [0.1, 0.15) is 53.9 Å². The summed E-state index contributed by atoms with van der Waals surface area (Å²) < 4.78 is 43.7. The van der Waals surface area contributed by atoms with Gasteiger partial charge < -0.3 is 15.2 Å². The van der Waals surface area contributed by atoms with Crippen LogP contribution in [0, 0.1) is 5.92 Å². The zero-order valence-electron chi connectivity index (χ0n) is 16.9. The SMILES string of the molecule is CC(NC(=O)C(OCc1ccc(C(F)(F)F)cc1)C(C)C)c1ccc(C(=O)O)cc1. The Labute approximate surface area is 172 Å².